The number of hydrogen-bond acceptors (Lipinski definition) is 3. The minimum absolute atomic E-state index is 0.197. The maximum absolute atomic E-state index is 11.0. The molecule has 0 amide bonds. The smallest absolute Gasteiger partial charge is 0.305 e. The van der Waals surface area contributed by atoms with Crippen LogP contribution >= 0.6 is 0 Å². The second-order valence-corrected chi connectivity index (χ2v) is 3.39. The van der Waals surface area contributed by atoms with Gasteiger partial charge in [0.2, 0.25) is 0 Å². The van der Waals surface area contributed by atoms with E-state index in [2.05, 4.69) is 4.74 Å². The standard InChI is InChI=1S/C12H16O3/c1-9-4-5-10(11(8-9)14-2)6-7-12(13)15-3/h4-5,8H,6-7H2,1-3H3. The Morgan fingerprint density at radius 3 is 2.67 bits per heavy atom. The molecule has 0 N–H and O–H groups in total. The number of ether oxygens (including phenoxy) is 2. The number of aryl methyl sites for hydroxylation is 2. The minimum Gasteiger partial charge on any atom is -0.496 e. The van der Waals surface area contributed by atoms with Gasteiger partial charge in [0.15, 0.2) is 0 Å². The first-order valence-corrected chi connectivity index (χ1v) is 4.87. The van der Waals surface area contributed by atoms with Crippen LogP contribution in [0.2, 0.25) is 0 Å². The van der Waals surface area contributed by atoms with Crippen LogP contribution in [-0.4, -0.2) is 20.2 Å². The van der Waals surface area contributed by atoms with E-state index in [9.17, 15) is 4.79 Å². The fourth-order valence-corrected chi connectivity index (χ4v) is 1.40. The Hall–Kier alpha value is -1.51. The molecule has 0 saturated carbocycles. The third-order valence-corrected chi connectivity index (χ3v) is 2.27. The lowest BCUT2D eigenvalue weighted by molar-refractivity contribution is -0.140. The largest absolute Gasteiger partial charge is 0.496 e. The number of carbonyl (C=O) groups is 1. The number of esters is 1. The van der Waals surface area contributed by atoms with Crippen molar-refractivity contribution in [1.82, 2.24) is 0 Å². The molecule has 1 rings (SSSR count). The Bertz CT molecular complexity index is 345. The van der Waals surface area contributed by atoms with Gasteiger partial charge in [-0.1, -0.05) is 12.1 Å². The van der Waals surface area contributed by atoms with Gasteiger partial charge in [0.05, 0.1) is 14.2 Å². The number of benzene rings is 1. The Balaban J connectivity index is 2.72. The quantitative estimate of drug-likeness (QED) is 0.711. The van der Waals surface area contributed by atoms with Gasteiger partial charge in [-0.2, -0.15) is 0 Å². The van der Waals surface area contributed by atoms with Crippen LogP contribution in [0.4, 0.5) is 0 Å². The second-order valence-electron chi connectivity index (χ2n) is 3.39. The molecule has 0 spiro atoms. The number of methoxy groups -OCH3 is 2. The van der Waals surface area contributed by atoms with E-state index in [0.29, 0.717) is 12.8 Å². The summed E-state index contributed by atoms with van der Waals surface area (Å²) in [6.07, 6.45) is 1.03. The highest BCUT2D eigenvalue weighted by atomic mass is 16.5. The molecule has 0 atom stereocenters. The van der Waals surface area contributed by atoms with Gasteiger partial charge in [0.25, 0.3) is 0 Å². The summed E-state index contributed by atoms with van der Waals surface area (Å²) in [7, 11) is 3.03. The predicted octanol–water partition coefficient (Wildman–Crippen LogP) is 2.11. The fourth-order valence-electron chi connectivity index (χ4n) is 1.40. The zero-order valence-electron chi connectivity index (χ0n) is 9.37. The Labute approximate surface area is 90.0 Å². The predicted molar refractivity (Wildman–Crippen MR) is 58.1 cm³/mol. The lowest BCUT2D eigenvalue weighted by Crippen LogP contribution is -2.03. The summed E-state index contributed by atoms with van der Waals surface area (Å²) in [5.74, 6) is 0.636. The molecular weight excluding hydrogens is 192 g/mol. The molecule has 0 fully saturated rings. The number of rotatable bonds is 4. The normalized spacial score (nSPS) is 9.80. The third kappa shape index (κ3) is 3.27. The van der Waals surface area contributed by atoms with Crippen LogP contribution < -0.4 is 4.74 Å². The van der Waals surface area contributed by atoms with Gasteiger partial charge in [-0.15, -0.1) is 0 Å². The lowest BCUT2D eigenvalue weighted by atomic mass is 10.1. The molecule has 0 heterocycles. The molecule has 0 aliphatic heterocycles. The molecule has 3 nitrogen and oxygen atoms in total. The molecule has 1 aromatic carbocycles. The van der Waals surface area contributed by atoms with Crippen molar-refractivity contribution >= 4 is 5.97 Å². The average molecular weight is 208 g/mol. The monoisotopic (exact) mass is 208 g/mol. The molecule has 82 valence electrons. The zero-order valence-corrected chi connectivity index (χ0v) is 9.37. The van der Waals surface area contributed by atoms with Crippen molar-refractivity contribution < 1.29 is 14.3 Å². The Kier molecular flexibility index (Phi) is 4.16. The molecule has 15 heavy (non-hydrogen) atoms. The molecular formula is C12H16O3. The van der Waals surface area contributed by atoms with Crippen LogP contribution in [0.5, 0.6) is 5.75 Å². The van der Waals surface area contributed by atoms with E-state index in [0.717, 1.165) is 16.9 Å². The van der Waals surface area contributed by atoms with Crippen molar-refractivity contribution in [2.24, 2.45) is 0 Å². The number of hydrogen-bond donors (Lipinski definition) is 0. The SMILES string of the molecule is COC(=O)CCc1ccc(C)cc1OC. The third-order valence-electron chi connectivity index (χ3n) is 2.27. The molecule has 0 bridgehead atoms. The molecule has 1 aromatic rings. The first-order chi connectivity index (χ1) is 7.17. The van der Waals surface area contributed by atoms with Crippen LogP contribution in [0.25, 0.3) is 0 Å². The Morgan fingerprint density at radius 1 is 1.33 bits per heavy atom. The van der Waals surface area contributed by atoms with Gasteiger partial charge in [0, 0.05) is 6.42 Å². The molecule has 0 radical (unpaired) electrons. The fraction of sp³-hybridized carbons (Fsp3) is 0.417. The van der Waals surface area contributed by atoms with E-state index in [1.54, 1.807) is 7.11 Å². The molecule has 0 aliphatic carbocycles. The molecule has 0 aliphatic rings. The van der Waals surface area contributed by atoms with Gasteiger partial charge in [-0.25, -0.2) is 0 Å². The van der Waals surface area contributed by atoms with Gasteiger partial charge < -0.3 is 9.47 Å². The van der Waals surface area contributed by atoms with Crippen LogP contribution in [0.15, 0.2) is 18.2 Å². The Morgan fingerprint density at radius 2 is 2.07 bits per heavy atom. The minimum atomic E-state index is -0.197. The lowest BCUT2D eigenvalue weighted by Gasteiger charge is -2.08. The van der Waals surface area contributed by atoms with E-state index in [1.165, 1.54) is 7.11 Å². The van der Waals surface area contributed by atoms with Crippen LogP contribution in [0.1, 0.15) is 17.5 Å². The van der Waals surface area contributed by atoms with Crippen molar-refractivity contribution in [1.29, 1.82) is 0 Å². The molecule has 0 aromatic heterocycles. The summed E-state index contributed by atoms with van der Waals surface area (Å²) in [5.41, 5.74) is 2.18. The van der Waals surface area contributed by atoms with Crippen LogP contribution in [0, 0.1) is 6.92 Å². The first-order valence-electron chi connectivity index (χ1n) is 4.87. The first kappa shape index (κ1) is 11.6. The van der Waals surface area contributed by atoms with Crippen molar-refractivity contribution in [2.45, 2.75) is 19.8 Å². The van der Waals surface area contributed by atoms with E-state index in [1.807, 2.05) is 25.1 Å². The van der Waals surface area contributed by atoms with Crippen molar-refractivity contribution in [3.05, 3.63) is 29.3 Å². The summed E-state index contributed by atoms with van der Waals surface area (Å²) in [6, 6.07) is 5.96. The van der Waals surface area contributed by atoms with E-state index in [4.69, 9.17) is 4.74 Å². The molecule has 0 unspecified atom stereocenters. The van der Waals surface area contributed by atoms with Crippen molar-refractivity contribution in [3.8, 4) is 5.75 Å². The van der Waals surface area contributed by atoms with Crippen molar-refractivity contribution in [2.75, 3.05) is 14.2 Å². The van der Waals surface area contributed by atoms with Gasteiger partial charge in [-0.3, -0.25) is 4.79 Å². The number of carbonyl (C=O) groups excluding carboxylic acids is 1. The summed E-state index contributed by atoms with van der Waals surface area (Å²) in [4.78, 5) is 11.0. The maximum Gasteiger partial charge on any atom is 0.305 e. The van der Waals surface area contributed by atoms with E-state index in [-0.39, 0.29) is 5.97 Å². The highest BCUT2D eigenvalue weighted by Crippen LogP contribution is 2.21. The topological polar surface area (TPSA) is 35.5 Å². The van der Waals surface area contributed by atoms with Gasteiger partial charge in [0.1, 0.15) is 5.75 Å². The summed E-state index contributed by atoms with van der Waals surface area (Å²) < 4.78 is 9.83. The highest BCUT2D eigenvalue weighted by molar-refractivity contribution is 5.69. The van der Waals surface area contributed by atoms with Crippen LogP contribution in [0.3, 0.4) is 0 Å². The highest BCUT2D eigenvalue weighted by Gasteiger charge is 2.06. The van der Waals surface area contributed by atoms with Gasteiger partial charge >= 0.3 is 5.97 Å². The summed E-state index contributed by atoms with van der Waals surface area (Å²) in [5, 5.41) is 0. The molecule has 3 heteroatoms. The van der Waals surface area contributed by atoms with Gasteiger partial charge in [-0.05, 0) is 30.5 Å². The summed E-state index contributed by atoms with van der Waals surface area (Å²) in [6.45, 7) is 2.01. The average Bonchev–Trinajstić information content (AvgIpc) is 2.26. The molecule has 0 saturated heterocycles. The maximum atomic E-state index is 11.0. The van der Waals surface area contributed by atoms with E-state index < -0.39 is 0 Å². The summed E-state index contributed by atoms with van der Waals surface area (Å²) >= 11 is 0. The van der Waals surface area contributed by atoms with E-state index >= 15 is 0 Å². The second kappa shape index (κ2) is 5.39. The zero-order chi connectivity index (χ0) is 11.3. The van der Waals surface area contributed by atoms with Crippen LogP contribution in [-0.2, 0) is 16.0 Å². The van der Waals surface area contributed by atoms with Crippen molar-refractivity contribution in [3.63, 3.8) is 0 Å².